The number of aromatic nitrogens is 1. The molecule has 4 rings (SSSR count). The molecule has 1 aliphatic rings. The molecule has 9 heteroatoms. The number of ether oxygens (including phenoxy) is 2. The van der Waals surface area contributed by atoms with Gasteiger partial charge in [-0.25, -0.2) is 4.79 Å². The van der Waals surface area contributed by atoms with Crippen LogP contribution in [0.1, 0.15) is 34.1 Å². The van der Waals surface area contributed by atoms with E-state index >= 15 is 0 Å². The molecule has 1 atom stereocenters. The van der Waals surface area contributed by atoms with Gasteiger partial charge in [-0.2, -0.15) is 0 Å². The lowest BCUT2D eigenvalue weighted by molar-refractivity contribution is 0.0340. The summed E-state index contributed by atoms with van der Waals surface area (Å²) in [6.45, 7) is 7.08. The van der Waals surface area contributed by atoms with E-state index in [2.05, 4.69) is 20.8 Å². The minimum absolute atomic E-state index is 0.0988. The van der Waals surface area contributed by atoms with Crippen LogP contribution in [0.5, 0.6) is 5.75 Å². The third-order valence-corrected chi connectivity index (χ3v) is 8.30. The van der Waals surface area contributed by atoms with Crippen LogP contribution < -0.4 is 0 Å². The summed E-state index contributed by atoms with van der Waals surface area (Å²) in [5.41, 5.74) is 3.35. The van der Waals surface area contributed by atoms with Gasteiger partial charge in [0.1, 0.15) is 5.75 Å². The van der Waals surface area contributed by atoms with E-state index in [0.717, 1.165) is 29.1 Å². The van der Waals surface area contributed by atoms with E-state index in [-0.39, 0.29) is 18.1 Å². The number of aryl methyl sites for hydroxylation is 2. The molecule has 0 aliphatic carbocycles. The van der Waals surface area contributed by atoms with Crippen molar-refractivity contribution in [3.05, 3.63) is 57.2 Å². The van der Waals surface area contributed by atoms with Crippen molar-refractivity contribution in [2.24, 2.45) is 7.05 Å². The molecular formula is C25H29BrN2O5S. The zero-order valence-electron chi connectivity index (χ0n) is 19.6. The molecular weight excluding hydrogens is 520 g/mol. The number of phenolic OH excluding ortho intramolecular Hbond substituents is 1. The number of carbonyl (C=O) groups excluding carboxylic acids is 1. The number of hydrogen-bond donors (Lipinski definition) is 1. The zero-order valence-corrected chi connectivity index (χ0v) is 22.0. The van der Waals surface area contributed by atoms with E-state index in [4.69, 9.17) is 9.47 Å². The van der Waals surface area contributed by atoms with Crippen LogP contribution in [0.15, 0.2) is 39.7 Å². The van der Waals surface area contributed by atoms with Gasteiger partial charge >= 0.3 is 5.97 Å². The van der Waals surface area contributed by atoms with Crippen molar-refractivity contribution in [2.75, 3.05) is 32.9 Å². The molecule has 2 aromatic carbocycles. The maximum Gasteiger partial charge on any atom is 0.340 e. The average Bonchev–Trinajstić information content (AvgIpc) is 3.09. The molecule has 34 heavy (non-hydrogen) atoms. The van der Waals surface area contributed by atoms with E-state index in [1.807, 2.05) is 42.8 Å². The predicted octanol–water partition coefficient (Wildman–Crippen LogP) is 4.27. The summed E-state index contributed by atoms with van der Waals surface area (Å²) in [6, 6.07) is 9.36. The van der Waals surface area contributed by atoms with Crippen molar-refractivity contribution in [1.29, 1.82) is 0 Å². The highest BCUT2D eigenvalue weighted by atomic mass is 79.9. The molecule has 1 aromatic heterocycles. The largest absolute Gasteiger partial charge is 0.506 e. The Morgan fingerprint density at radius 3 is 2.65 bits per heavy atom. The third kappa shape index (κ3) is 4.79. The molecule has 0 bridgehead atoms. The smallest absolute Gasteiger partial charge is 0.340 e. The normalized spacial score (nSPS) is 15.5. The number of morpholine rings is 1. The van der Waals surface area contributed by atoms with E-state index in [0.29, 0.717) is 46.4 Å². The van der Waals surface area contributed by atoms with Crippen LogP contribution in [0.4, 0.5) is 0 Å². The lowest BCUT2D eigenvalue weighted by Gasteiger charge is -2.27. The highest BCUT2D eigenvalue weighted by Crippen LogP contribution is 2.40. The first-order chi connectivity index (χ1) is 16.3. The Kier molecular flexibility index (Phi) is 7.77. The van der Waals surface area contributed by atoms with E-state index in [1.165, 1.54) is 0 Å². The Morgan fingerprint density at radius 2 is 1.97 bits per heavy atom. The summed E-state index contributed by atoms with van der Waals surface area (Å²) < 4.78 is 26.7. The Labute approximate surface area is 210 Å². The first-order valence-corrected chi connectivity index (χ1v) is 13.4. The molecule has 1 aliphatic heterocycles. The Bertz CT molecular complexity index is 1250. The van der Waals surface area contributed by atoms with Gasteiger partial charge in [0.25, 0.3) is 0 Å². The lowest BCUT2D eigenvalue weighted by atomic mass is 10.0. The number of esters is 1. The van der Waals surface area contributed by atoms with Gasteiger partial charge in [0.2, 0.25) is 0 Å². The van der Waals surface area contributed by atoms with Crippen LogP contribution in [0.25, 0.3) is 10.9 Å². The van der Waals surface area contributed by atoms with Crippen molar-refractivity contribution in [1.82, 2.24) is 9.47 Å². The molecule has 3 aromatic rings. The second kappa shape index (κ2) is 10.6. The van der Waals surface area contributed by atoms with Crippen LogP contribution >= 0.6 is 15.9 Å². The van der Waals surface area contributed by atoms with Gasteiger partial charge in [-0.3, -0.25) is 9.11 Å². The predicted molar refractivity (Wildman–Crippen MR) is 136 cm³/mol. The van der Waals surface area contributed by atoms with Crippen molar-refractivity contribution in [2.45, 2.75) is 31.0 Å². The van der Waals surface area contributed by atoms with Crippen LogP contribution in [-0.4, -0.2) is 57.7 Å². The van der Waals surface area contributed by atoms with Gasteiger partial charge < -0.3 is 19.1 Å². The average molecular weight is 549 g/mol. The Morgan fingerprint density at radius 1 is 1.26 bits per heavy atom. The number of nitrogens with zero attached hydrogens (tertiary/aromatic N) is 2. The highest BCUT2D eigenvalue weighted by molar-refractivity contribution is 9.10. The van der Waals surface area contributed by atoms with Gasteiger partial charge in [-0.15, -0.1) is 0 Å². The van der Waals surface area contributed by atoms with E-state index < -0.39 is 16.8 Å². The molecule has 2 heterocycles. The number of hydrogen-bond acceptors (Lipinski definition) is 6. The number of fused-ring (bicyclic) bond motifs is 1. The standard InChI is InChI=1S/C25H29BrN2O5S/c1-4-33-25(30)23-20(15-34(31)21-8-6-5-7-16(21)2)27(3)19-13-18(26)24(29)17(22(19)23)14-28-9-11-32-12-10-28/h5-8,13,29H,4,9-12,14-15H2,1-3H3. The summed E-state index contributed by atoms with van der Waals surface area (Å²) in [5, 5.41) is 11.7. The fourth-order valence-electron chi connectivity index (χ4n) is 4.42. The minimum Gasteiger partial charge on any atom is -0.506 e. The summed E-state index contributed by atoms with van der Waals surface area (Å²) in [4.78, 5) is 16.2. The van der Waals surface area contributed by atoms with E-state index in [9.17, 15) is 14.1 Å². The molecule has 1 N–H and O–H groups in total. The number of halogens is 1. The highest BCUT2D eigenvalue weighted by Gasteiger charge is 2.29. The van der Waals surface area contributed by atoms with Crippen LogP contribution in [0.3, 0.4) is 0 Å². The molecule has 1 saturated heterocycles. The van der Waals surface area contributed by atoms with Crippen molar-refractivity contribution in [3.63, 3.8) is 0 Å². The first kappa shape index (κ1) is 24.9. The number of rotatable bonds is 7. The van der Waals surface area contributed by atoms with Gasteiger partial charge in [0.15, 0.2) is 0 Å². The number of carbonyl (C=O) groups is 1. The summed E-state index contributed by atoms with van der Waals surface area (Å²) >= 11 is 3.48. The SMILES string of the molecule is CCOC(=O)c1c(CS(=O)c2ccccc2C)n(C)c2cc(Br)c(O)c(CN3CCOCC3)c12. The topological polar surface area (TPSA) is 81.0 Å². The third-order valence-electron chi connectivity index (χ3n) is 6.21. The molecule has 1 fully saturated rings. The van der Waals surface area contributed by atoms with Crippen molar-refractivity contribution in [3.8, 4) is 5.75 Å². The second-order valence-electron chi connectivity index (χ2n) is 8.32. The Balaban J connectivity index is 1.90. The van der Waals surface area contributed by atoms with Crippen molar-refractivity contribution < 1.29 is 23.6 Å². The quantitative estimate of drug-likeness (QED) is 0.444. The maximum absolute atomic E-state index is 13.4. The molecule has 0 radical (unpaired) electrons. The molecule has 7 nitrogen and oxygen atoms in total. The molecule has 1 unspecified atom stereocenters. The molecule has 0 spiro atoms. The van der Waals surface area contributed by atoms with Gasteiger partial charge in [-0.1, -0.05) is 18.2 Å². The van der Waals surface area contributed by atoms with E-state index in [1.54, 1.807) is 13.0 Å². The van der Waals surface area contributed by atoms with Crippen LogP contribution in [0.2, 0.25) is 0 Å². The maximum atomic E-state index is 13.4. The molecule has 182 valence electrons. The first-order valence-electron chi connectivity index (χ1n) is 11.3. The lowest BCUT2D eigenvalue weighted by Crippen LogP contribution is -2.35. The zero-order chi connectivity index (χ0) is 24.4. The monoisotopic (exact) mass is 548 g/mol. The number of phenols is 1. The fourth-order valence-corrected chi connectivity index (χ4v) is 6.28. The van der Waals surface area contributed by atoms with Crippen LogP contribution in [-0.2, 0) is 39.6 Å². The van der Waals surface area contributed by atoms with Crippen LogP contribution in [0, 0.1) is 6.92 Å². The molecule has 0 amide bonds. The summed E-state index contributed by atoms with van der Waals surface area (Å²) in [7, 11) is 0.492. The second-order valence-corrected chi connectivity index (χ2v) is 10.6. The number of benzene rings is 2. The van der Waals surface area contributed by atoms with Gasteiger partial charge in [-0.05, 0) is 47.5 Å². The van der Waals surface area contributed by atoms with Crippen molar-refractivity contribution >= 4 is 43.6 Å². The fraction of sp³-hybridized carbons (Fsp3) is 0.400. The van der Waals surface area contributed by atoms with Gasteiger partial charge in [0.05, 0.1) is 51.9 Å². The summed E-state index contributed by atoms with van der Waals surface area (Å²) in [6.07, 6.45) is 0. The minimum atomic E-state index is -1.37. The summed E-state index contributed by atoms with van der Waals surface area (Å²) in [5.74, 6) is -0.226. The Hall–Kier alpha value is -2.20. The van der Waals surface area contributed by atoms with Gasteiger partial charge in [0, 0.05) is 48.2 Å². The molecule has 0 saturated carbocycles. The number of aromatic hydroxyl groups is 1.